The molecule has 8 nitrogen and oxygen atoms in total. The monoisotopic (exact) mass is 541 g/mol. The van der Waals surface area contributed by atoms with Crippen LogP contribution in [-0.2, 0) is 11.3 Å². The van der Waals surface area contributed by atoms with Crippen LogP contribution in [0.3, 0.4) is 0 Å². The van der Waals surface area contributed by atoms with Gasteiger partial charge in [0, 0.05) is 11.9 Å². The van der Waals surface area contributed by atoms with E-state index in [0.29, 0.717) is 47.0 Å². The second kappa shape index (κ2) is 11.6. The number of rotatable bonds is 11. The fourth-order valence-electron chi connectivity index (χ4n) is 4.91. The highest BCUT2D eigenvalue weighted by atomic mass is 16.5. The predicted molar refractivity (Wildman–Crippen MR) is 150 cm³/mol. The summed E-state index contributed by atoms with van der Waals surface area (Å²) in [5.74, 6) is -0.312. The van der Waals surface area contributed by atoms with Gasteiger partial charge in [0.2, 0.25) is 5.78 Å². The Hall–Kier alpha value is -4.72. The minimum Gasteiger partial charge on any atom is -0.503 e. The van der Waals surface area contributed by atoms with E-state index in [1.807, 2.05) is 44.2 Å². The van der Waals surface area contributed by atoms with Gasteiger partial charge in [-0.3, -0.25) is 9.59 Å². The van der Waals surface area contributed by atoms with E-state index in [9.17, 15) is 14.7 Å². The van der Waals surface area contributed by atoms with Gasteiger partial charge in [-0.1, -0.05) is 55.5 Å². The molecular formula is C32H31NO7. The number of furan rings is 1. The first-order valence-electron chi connectivity index (χ1n) is 13.3. The van der Waals surface area contributed by atoms with Crippen LogP contribution in [0.25, 0.3) is 11.0 Å². The molecule has 40 heavy (non-hydrogen) atoms. The van der Waals surface area contributed by atoms with E-state index in [2.05, 4.69) is 0 Å². The molecular weight excluding hydrogens is 510 g/mol. The van der Waals surface area contributed by atoms with Crippen LogP contribution < -0.4 is 14.2 Å². The summed E-state index contributed by atoms with van der Waals surface area (Å²) in [6, 6.07) is 20.8. The smallest absolute Gasteiger partial charge is 0.290 e. The number of ether oxygens (including phenoxy) is 3. The van der Waals surface area contributed by atoms with Crippen LogP contribution in [0.15, 0.2) is 88.5 Å². The first-order valence-corrected chi connectivity index (χ1v) is 13.3. The van der Waals surface area contributed by atoms with Gasteiger partial charge < -0.3 is 28.6 Å². The Balaban J connectivity index is 1.61. The van der Waals surface area contributed by atoms with E-state index in [1.54, 1.807) is 42.5 Å². The van der Waals surface area contributed by atoms with Crippen molar-refractivity contribution in [1.82, 2.24) is 4.90 Å². The van der Waals surface area contributed by atoms with Crippen molar-refractivity contribution >= 4 is 22.7 Å². The van der Waals surface area contributed by atoms with E-state index in [1.165, 1.54) is 12.0 Å². The van der Waals surface area contributed by atoms with Gasteiger partial charge in [0.05, 0.1) is 31.9 Å². The Labute approximate surface area is 232 Å². The number of fused-ring (bicyclic) bond motifs is 1. The molecule has 1 atom stereocenters. The predicted octanol–water partition coefficient (Wildman–Crippen LogP) is 6.41. The third-order valence-electron chi connectivity index (χ3n) is 6.74. The number of para-hydroxylation sites is 1. The number of aliphatic hydroxyl groups excluding tert-OH is 1. The van der Waals surface area contributed by atoms with Crippen LogP contribution in [0.1, 0.15) is 48.0 Å². The Morgan fingerprint density at radius 2 is 1.75 bits per heavy atom. The number of carbonyl (C=O) groups is 2. The maximum atomic E-state index is 14.0. The molecule has 206 valence electrons. The summed E-state index contributed by atoms with van der Waals surface area (Å²) < 4.78 is 23.0. The molecule has 5 rings (SSSR count). The maximum Gasteiger partial charge on any atom is 0.290 e. The Kier molecular flexibility index (Phi) is 7.77. The van der Waals surface area contributed by atoms with E-state index in [0.717, 1.165) is 12.0 Å². The molecule has 1 unspecified atom stereocenters. The number of Topliss-reactive ketones (excluding diaryl/α,β-unsaturated/α-hetero) is 1. The molecule has 0 saturated carbocycles. The molecule has 1 aromatic heterocycles. The van der Waals surface area contributed by atoms with Gasteiger partial charge in [-0.2, -0.15) is 0 Å². The van der Waals surface area contributed by atoms with Crippen molar-refractivity contribution in [3.8, 4) is 17.2 Å². The highest BCUT2D eigenvalue weighted by molar-refractivity contribution is 6.16. The van der Waals surface area contributed by atoms with Gasteiger partial charge in [0.1, 0.15) is 0 Å². The van der Waals surface area contributed by atoms with Gasteiger partial charge in [0.15, 0.2) is 34.4 Å². The number of ketones is 1. The molecule has 3 aromatic carbocycles. The zero-order chi connectivity index (χ0) is 28.2. The number of methoxy groups -OCH3 is 1. The molecule has 0 saturated heterocycles. The molecule has 8 heteroatoms. The third kappa shape index (κ3) is 5.00. The van der Waals surface area contributed by atoms with Gasteiger partial charge in [-0.25, -0.2) is 0 Å². The minimum atomic E-state index is -0.894. The van der Waals surface area contributed by atoms with Gasteiger partial charge in [0.25, 0.3) is 5.91 Å². The molecule has 0 aliphatic carbocycles. The van der Waals surface area contributed by atoms with Crippen LogP contribution >= 0.6 is 0 Å². The molecule has 1 N–H and O–H groups in total. The van der Waals surface area contributed by atoms with Crippen molar-refractivity contribution in [2.45, 2.75) is 32.9 Å². The topological polar surface area (TPSA) is 98.4 Å². The van der Waals surface area contributed by atoms with Crippen LogP contribution in [-0.4, -0.2) is 42.0 Å². The zero-order valence-electron chi connectivity index (χ0n) is 22.7. The summed E-state index contributed by atoms with van der Waals surface area (Å²) in [6.07, 6.45) is 0.826. The van der Waals surface area contributed by atoms with Gasteiger partial charge in [-0.05, 0) is 48.7 Å². The molecule has 4 aromatic rings. The molecule has 2 heterocycles. The summed E-state index contributed by atoms with van der Waals surface area (Å²) in [4.78, 5) is 29.0. The Morgan fingerprint density at radius 1 is 0.950 bits per heavy atom. The SMILES string of the molecule is CCCOc1ccc(C2C(C(=O)c3cc4cccc(OC)c4o3)=C(O)C(=O)N2Cc2ccccc2)cc1OCC. The second-order valence-corrected chi connectivity index (χ2v) is 9.39. The van der Waals surface area contributed by atoms with E-state index in [4.69, 9.17) is 18.6 Å². The first-order chi connectivity index (χ1) is 19.5. The third-order valence-corrected chi connectivity index (χ3v) is 6.74. The lowest BCUT2D eigenvalue weighted by molar-refractivity contribution is -0.130. The Morgan fingerprint density at radius 3 is 2.48 bits per heavy atom. The number of amides is 1. The maximum absolute atomic E-state index is 14.0. The number of hydrogen-bond acceptors (Lipinski definition) is 7. The van der Waals surface area contributed by atoms with Crippen molar-refractivity contribution in [3.05, 3.63) is 101 Å². The van der Waals surface area contributed by atoms with Crippen molar-refractivity contribution in [1.29, 1.82) is 0 Å². The lowest BCUT2D eigenvalue weighted by atomic mass is 9.94. The quantitative estimate of drug-likeness (QED) is 0.219. The van der Waals surface area contributed by atoms with Crippen LogP contribution in [0.5, 0.6) is 17.2 Å². The molecule has 1 amide bonds. The molecule has 0 spiro atoms. The lowest BCUT2D eigenvalue weighted by Gasteiger charge is -2.27. The number of benzene rings is 3. The number of carbonyl (C=O) groups excluding carboxylic acids is 2. The summed E-state index contributed by atoms with van der Waals surface area (Å²) in [7, 11) is 1.52. The van der Waals surface area contributed by atoms with Crippen molar-refractivity contribution in [3.63, 3.8) is 0 Å². The summed E-state index contributed by atoms with van der Waals surface area (Å²) in [5, 5.41) is 11.8. The fourth-order valence-corrected chi connectivity index (χ4v) is 4.91. The highest BCUT2D eigenvalue weighted by Gasteiger charge is 2.45. The van der Waals surface area contributed by atoms with E-state index < -0.39 is 23.5 Å². The van der Waals surface area contributed by atoms with Crippen molar-refractivity contribution < 1.29 is 33.3 Å². The van der Waals surface area contributed by atoms with E-state index in [-0.39, 0.29) is 17.9 Å². The molecule has 1 aliphatic heterocycles. The van der Waals surface area contributed by atoms with Crippen LogP contribution in [0.4, 0.5) is 0 Å². The van der Waals surface area contributed by atoms with E-state index >= 15 is 0 Å². The lowest BCUT2D eigenvalue weighted by Crippen LogP contribution is -2.30. The normalized spacial score (nSPS) is 15.1. The Bertz CT molecular complexity index is 1570. The number of aliphatic hydroxyl groups is 1. The van der Waals surface area contributed by atoms with Crippen molar-refractivity contribution in [2.75, 3.05) is 20.3 Å². The average molecular weight is 542 g/mol. The standard InChI is InChI=1S/C32H31NO7/c1-4-16-39-23-15-14-21(17-25(23)38-5-2)28-27(30(35)32(36)33(28)19-20-10-7-6-8-11-20)29(34)26-18-22-12-9-13-24(37-3)31(22)40-26/h6-15,17-18,28,35H,4-5,16,19H2,1-3H3. The average Bonchev–Trinajstić information content (AvgIpc) is 3.52. The van der Waals surface area contributed by atoms with Crippen LogP contribution in [0, 0.1) is 0 Å². The van der Waals surface area contributed by atoms with Crippen LogP contribution in [0.2, 0.25) is 0 Å². The number of hydrogen-bond donors (Lipinski definition) is 1. The highest BCUT2D eigenvalue weighted by Crippen LogP contribution is 2.43. The second-order valence-electron chi connectivity index (χ2n) is 9.39. The number of nitrogens with zero attached hydrogens (tertiary/aromatic N) is 1. The van der Waals surface area contributed by atoms with Gasteiger partial charge in [-0.15, -0.1) is 0 Å². The molecule has 0 fully saturated rings. The first kappa shape index (κ1) is 26.9. The molecule has 1 aliphatic rings. The van der Waals surface area contributed by atoms with Crippen molar-refractivity contribution in [2.24, 2.45) is 0 Å². The largest absolute Gasteiger partial charge is 0.503 e. The van der Waals surface area contributed by atoms with Gasteiger partial charge >= 0.3 is 0 Å². The fraction of sp³-hybridized carbons (Fsp3) is 0.250. The summed E-state index contributed by atoms with van der Waals surface area (Å²) >= 11 is 0. The summed E-state index contributed by atoms with van der Waals surface area (Å²) in [5.41, 5.74) is 1.79. The minimum absolute atomic E-state index is 0.00616. The molecule has 0 radical (unpaired) electrons. The summed E-state index contributed by atoms with van der Waals surface area (Å²) in [6.45, 7) is 4.97. The molecule has 0 bridgehead atoms. The zero-order valence-corrected chi connectivity index (χ0v) is 22.7.